The molecule has 1 aliphatic rings. The lowest BCUT2D eigenvalue weighted by atomic mass is 9.96. The molecule has 0 aliphatic carbocycles. The number of aromatic nitrogens is 2. The van der Waals surface area contributed by atoms with Crippen molar-refractivity contribution in [3.8, 4) is 29.0 Å². The van der Waals surface area contributed by atoms with Crippen molar-refractivity contribution in [1.29, 1.82) is 5.41 Å². The number of likely N-dealkylation sites (N-methyl/N-ethyl adjacent to an activating group) is 1. The Morgan fingerprint density at radius 3 is 2.60 bits per heavy atom. The molecule has 40 heavy (non-hydrogen) atoms. The van der Waals surface area contributed by atoms with Gasteiger partial charge in [0.25, 0.3) is 0 Å². The number of rotatable bonds is 8. The van der Waals surface area contributed by atoms with Crippen LogP contribution >= 0.6 is 11.6 Å². The fourth-order valence-electron chi connectivity index (χ4n) is 4.38. The number of nitrogens with zero attached hydrogens (tertiary/aromatic N) is 3. The lowest BCUT2D eigenvalue weighted by molar-refractivity contribution is 0.108. The Balaban J connectivity index is 2.04. The number of carbonyl (C=O) groups excluding carboxylic acids is 1. The topological polar surface area (TPSA) is 141 Å². The number of amides is 1. The number of allylic oxidation sites excluding steroid dienone is 2. The summed E-state index contributed by atoms with van der Waals surface area (Å²) >= 11 is 6.57. The lowest BCUT2D eigenvalue weighted by Crippen LogP contribution is -2.38. The van der Waals surface area contributed by atoms with Gasteiger partial charge >= 0.3 is 6.09 Å². The molecule has 1 aromatic carbocycles. The van der Waals surface area contributed by atoms with E-state index in [4.69, 9.17) is 36.5 Å². The molecule has 1 atom stereocenters. The molecule has 10 nitrogen and oxygen atoms in total. The minimum atomic E-state index is -0.691. The molecule has 0 spiro atoms. The van der Waals surface area contributed by atoms with Gasteiger partial charge in [-0.1, -0.05) is 17.5 Å². The van der Waals surface area contributed by atoms with Gasteiger partial charge in [0, 0.05) is 42.4 Å². The van der Waals surface area contributed by atoms with Crippen molar-refractivity contribution in [3.63, 3.8) is 0 Å². The summed E-state index contributed by atoms with van der Waals surface area (Å²) in [5.41, 5.74) is 2.36. The van der Waals surface area contributed by atoms with Gasteiger partial charge in [-0.3, -0.25) is 0 Å². The standard InChI is InChI=1S/C29H36ClN5O5/c1-17-25(9-6-20-10-12-35(13-11-20)29(38)39-5)33-28(34-27(17)26(18(2)31)19(3)36)23-14-22(7-8-24(23)30)40-16-21(37)15-32-4/h7-8,14,20-21,31-32,36-37H,10-13,15-16H2,1-5H3/b26-19+,31-18?/t21-/m1/s1. The summed E-state index contributed by atoms with van der Waals surface area (Å²) in [6.07, 6.45) is 0.380. The Morgan fingerprint density at radius 1 is 1.30 bits per heavy atom. The van der Waals surface area contributed by atoms with E-state index in [0.29, 0.717) is 65.8 Å². The Kier molecular flexibility index (Phi) is 10.9. The predicted octanol–water partition coefficient (Wildman–Crippen LogP) is 4.22. The molecule has 1 amide bonds. The van der Waals surface area contributed by atoms with Crippen LogP contribution < -0.4 is 10.1 Å². The SMILES string of the molecule is CNC[C@@H](O)COc1ccc(Cl)c(-c2nc(C#CC3CCN(C(=O)OC)CC3)c(C)c(/C(C(C)=N)=C(\C)O)n2)c1. The molecule has 11 heteroatoms. The van der Waals surface area contributed by atoms with Crippen molar-refractivity contribution in [2.75, 3.05) is 40.4 Å². The smallest absolute Gasteiger partial charge is 0.409 e. The molecule has 0 unspecified atom stereocenters. The maximum absolute atomic E-state index is 11.8. The maximum atomic E-state index is 11.8. The predicted molar refractivity (Wildman–Crippen MR) is 155 cm³/mol. The number of piperidine rings is 1. The minimum absolute atomic E-state index is 0.0453. The molecule has 1 aliphatic heterocycles. The highest BCUT2D eigenvalue weighted by atomic mass is 35.5. The quantitative estimate of drug-likeness (QED) is 0.210. The fraction of sp³-hybridized carbons (Fsp3) is 0.448. The lowest BCUT2D eigenvalue weighted by Gasteiger charge is -2.28. The molecule has 0 radical (unpaired) electrons. The first-order valence-corrected chi connectivity index (χ1v) is 13.4. The largest absolute Gasteiger partial charge is 0.512 e. The van der Waals surface area contributed by atoms with Crippen LogP contribution in [0.4, 0.5) is 4.79 Å². The Hall–Kier alpha value is -3.65. The van der Waals surface area contributed by atoms with Crippen LogP contribution in [0, 0.1) is 30.1 Å². The number of carbonyl (C=O) groups is 1. The zero-order valence-electron chi connectivity index (χ0n) is 23.5. The number of ether oxygens (including phenoxy) is 2. The highest BCUT2D eigenvalue weighted by molar-refractivity contribution is 6.33. The first kappa shape index (κ1) is 30.9. The average molecular weight is 570 g/mol. The molecule has 4 N–H and O–H groups in total. The summed E-state index contributed by atoms with van der Waals surface area (Å²) in [4.78, 5) is 22.9. The van der Waals surface area contributed by atoms with Crippen LogP contribution in [0.5, 0.6) is 5.75 Å². The third-order valence-corrected chi connectivity index (χ3v) is 6.83. The first-order valence-electron chi connectivity index (χ1n) is 13.0. The van der Waals surface area contributed by atoms with Crippen molar-refractivity contribution in [2.45, 2.75) is 39.7 Å². The second-order valence-electron chi connectivity index (χ2n) is 9.62. The first-order chi connectivity index (χ1) is 19.0. The molecular weight excluding hydrogens is 534 g/mol. The van der Waals surface area contributed by atoms with Gasteiger partial charge in [0.2, 0.25) is 0 Å². The van der Waals surface area contributed by atoms with Crippen LogP contribution in [0.1, 0.15) is 43.6 Å². The van der Waals surface area contributed by atoms with Crippen LogP contribution in [0.15, 0.2) is 24.0 Å². The highest BCUT2D eigenvalue weighted by Crippen LogP contribution is 2.32. The number of aliphatic hydroxyl groups excluding tert-OH is 2. The number of benzene rings is 1. The van der Waals surface area contributed by atoms with Gasteiger partial charge in [0.1, 0.15) is 29.9 Å². The molecular formula is C29H36ClN5O5. The average Bonchev–Trinajstić information content (AvgIpc) is 2.92. The van der Waals surface area contributed by atoms with E-state index in [9.17, 15) is 15.0 Å². The van der Waals surface area contributed by atoms with Gasteiger partial charge in [0.15, 0.2) is 5.82 Å². The zero-order valence-corrected chi connectivity index (χ0v) is 24.2. The van der Waals surface area contributed by atoms with Crippen molar-refractivity contribution in [2.24, 2.45) is 5.92 Å². The summed E-state index contributed by atoms with van der Waals surface area (Å²) in [5, 5.41) is 32.0. The second kappa shape index (κ2) is 14.1. The zero-order chi connectivity index (χ0) is 29.4. The Labute approximate surface area is 239 Å². The van der Waals surface area contributed by atoms with Gasteiger partial charge in [-0.25, -0.2) is 14.8 Å². The molecule has 3 rings (SSSR count). The monoisotopic (exact) mass is 569 g/mol. The number of likely N-dealkylation sites (tertiary alicyclic amines) is 1. The number of aliphatic hydroxyl groups is 2. The maximum Gasteiger partial charge on any atom is 0.409 e. The van der Waals surface area contributed by atoms with Gasteiger partial charge in [-0.05, 0) is 64.8 Å². The van der Waals surface area contributed by atoms with E-state index in [1.807, 2.05) is 0 Å². The molecule has 1 saturated heterocycles. The third-order valence-electron chi connectivity index (χ3n) is 6.50. The molecule has 2 heterocycles. The number of hydrogen-bond acceptors (Lipinski definition) is 9. The van der Waals surface area contributed by atoms with E-state index in [1.165, 1.54) is 14.0 Å². The van der Waals surface area contributed by atoms with Crippen LogP contribution in [-0.2, 0) is 4.74 Å². The van der Waals surface area contributed by atoms with E-state index in [-0.39, 0.29) is 41.5 Å². The van der Waals surface area contributed by atoms with E-state index in [1.54, 1.807) is 44.0 Å². The normalized spacial score (nSPS) is 15.0. The summed E-state index contributed by atoms with van der Waals surface area (Å²) < 4.78 is 10.6. The number of nitrogens with one attached hydrogen (secondary N) is 2. The fourth-order valence-corrected chi connectivity index (χ4v) is 4.58. The van der Waals surface area contributed by atoms with Crippen molar-refractivity contribution in [1.82, 2.24) is 20.2 Å². The second-order valence-corrected chi connectivity index (χ2v) is 10.0. The van der Waals surface area contributed by atoms with Crippen LogP contribution in [0.2, 0.25) is 5.02 Å². The van der Waals surface area contributed by atoms with Crippen LogP contribution in [0.3, 0.4) is 0 Å². The molecule has 1 fully saturated rings. The number of methoxy groups -OCH3 is 1. The number of halogens is 1. The van der Waals surface area contributed by atoms with Gasteiger partial charge < -0.3 is 35.3 Å². The van der Waals surface area contributed by atoms with Crippen LogP contribution in [0.25, 0.3) is 17.0 Å². The number of hydrogen-bond donors (Lipinski definition) is 4. The molecule has 2 aromatic rings. The van der Waals surface area contributed by atoms with E-state index >= 15 is 0 Å². The van der Waals surface area contributed by atoms with Gasteiger partial charge in [0.05, 0.1) is 23.4 Å². The van der Waals surface area contributed by atoms with Crippen molar-refractivity contribution in [3.05, 3.63) is 45.9 Å². The summed E-state index contributed by atoms with van der Waals surface area (Å²) in [5.74, 6) is 7.23. The van der Waals surface area contributed by atoms with Crippen molar-refractivity contribution >= 4 is 29.0 Å². The molecule has 0 saturated carbocycles. The molecule has 0 bridgehead atoms. The third kappa shape index (κ3) is 7.72. The van der Waals surface area contributed by atoms with E-state index in [2.05, 4.69) is 17.2 Å². The van der Waals surface area contributed by atoms with E-state index < -0.39 is 6.10 Å². The van der Waals surface area contributed by atoms with Crippen molar-refractivity contribution < 1.29 is 24.5 Å². The summed E-state index contributed by atoms with van der Waals surface area (Å²) in [6.45, 7) is 6.46. The van der Waals surface area contributed by atoms with E-state index in [0.717, 1.165) is 0 Å². The minimum Gasteiger partial charge on any atom is -0.512 e. The Morgan fingerprint density at radius 2 is 2.00 bits per heavy atom. The summed E-state index contributed by atoms with van der Waals surface area (Å²) in [6, 6.07) is 5.05. The Bertz CT molecular complexity index is 1340. The van der Waals surface area contributed by atoms with Gasteiger partial charge in [-0.2, -0.15) is 0 Å². The van der Waals surface area contributed by atoms with Gasteiger partial charge in [-0.15, -0.1) is 0 Å². The molecule has 214 valence electrons. The highest BCUT2D eigenvalue weighted by Gasteiger charge is 2.23. The summed E-state index contributed by atoms with van der Waals surface area (Å²) in [7, 11) is 3.12. The molecule has 1 aromatic heterocycles. The van der Waals surface area contributed by atoms with Crippen LogP contribution in [-0.4, -0.2) is 83.4 Å².